The van der Waals surface area contributed by atoms with Crippen molar-refractivity contribution in [3.8, 4) is 0 Å². The first-order chi connectivity index (χ1) is 13.3. The van der Waals surface area contributed by atoms with Crippen molar-refractivity contribution in [2.75, 3.05) is 39.3 Å². The van der Waals surface area contributed by atoms with E-state index in [0.29, 0.717) is 18.1 Å². The zero-order valence-electron chi connectivity index (χ0n) is 15.7. The smallest absolute Gasteiger partial charge is 0.275 e. The van der Waals surface area contributed by atoms with Crippen LogP contribution >= 0.6 is 0 Å². The standard InChI is InChI=1S/C20H27N5O2/c26-20(25-8-4-1-5-9-25)18-16-27-19(22-18)15-24-12-10-23(11-13-24)14-17-6-2-3-7-21-17/h2-3,6-7,16H,1,4-5,8-15H2. The van der Waals surface area contributed by atoms with Crippen molar-refractivity contribution in [1.82, 2.24) is 24.7 Å². The van der Waals surface area contributed by atoms with Crippen molar-refractivity contribution in [3.05, 3.63) is 47.9 Å². The fourth-order valence-corrected chi connectivity index (χ4v) is 3.76. The summed E-state index contributed by atoms with van der Waals surface area (Å²) in [6.45, 7) is 7.13. The van der Waals surface area contributed by atoms with E-state index >= 15 is 0 Å². The van der Waals surface area contributed by atoms with E-state index in [2.05, 4.69) is 25.8 Å². The van der Waals surface area contributed by atoms with E-state index in [0.717, 1.165) is 64.3 Å². The normalized spacial score (nSPS) is 19.3. The van der Waals surface area contributed by atoms with E-state index in [1.165, 1.54) is 12.7 Å². The third kappa shape index (κ3) is 4.73. The SMILES string of the molecule is O=C(c1coc(CN2CCN(Cc3ccccn3)CC2)n1)N1CCCCC1. The summed E-state index contributed by atoms with van der Waals surface area (Å²) in [6, 6.07) is 6.05. The summed E-state index contributed by atoms with van der Waals surface area (Å²) in [6.07, 6.45) is 6.74. The van der Waals surface area contributed by atoms with Crippen LogP contribution in [0.5, 0.6) is 0 Å². The van der Waals surface area contributed by atoms with Crippen LogP contribution in [0.2, 0.25) is 0 Å². The van der Waals surface area contributed by atoms with E-state index in [1.54, 1.807) is 0 Å². The lowest BCUT2D eigenvalue weighted by atomic mass is 10.1. The Labute approximate surface area is 160 Å². The number of hydrogen-bond donors (Lipinski definition) is 0. The van der Waals surface area contributed by atoms with Crippen LogP contribution in [0, 0.1) is 0 Å². The van der Waals surface area contributed by atoms with Crippen molar-refractivity contribution in [3.63, 3.8) is 0 Å². The number of aromatic nitrogens is 2. The van der Waals surface area contributed by atoms with Crippen molar-refractivity contribution < 1.29 is 9.21 Å². The second-order valence-corrected chi connectivity index (χ2v) is 7.35. The van der Waals surface area contributed by atoms with Gasteiger partial charge in [-0.1, -0.05) is 6.07 Å². The Hall–Kier alpha value is -2.25. The molecule has 1 amide bonds. The van der Waals surface area contributed by atoms with Gasteiger partial charge < -0.3 is 9.32 Å². The second-order valence-electron chi connectivity index (χ2n) is 7.35. The Morgan fingerprint density at radius 2 is 1.70 bits per heavy atom. The Bertz CT molecular complexity index is 734. The molecule has 2 saturated heterocycles. The van der Waals surface area contributed by atoms with E-state index in [-0.39, 0.29) is 5.91 Å². The summed E-state index contributed by atoms with van der Waals surface area (Å²) in [5.41, 5.74) is 1.56. The molecule has 2 fully saturated rings. The molecule has 7 heteroatoms. The van der Waals surface area contributed by atoms with Gasteiger partial charge in [0.25, 0.3) is 5.91 Å². The van der Waals surface area contributed by atoms with Gasteiger partial charge in [0.05, 0.1) is 12.2 Å². The van der Waals surface area contributed by atoms with Gasteiger partial charge >= 0.3 is 0 Å². The number of nitrogens with zero attached hydrogens (tertiary/aromatic N) is 5. The number of pyridine rings is 1. The molecule has 2 aliphatic rings. The summed E-state index contributed by atoms with van der Waals surface area (Å²) in [7, 11) is 0. The van der Waals surface area contributed by atoms with E-state index in [1.807, 2.05) is 23.2 Å². The predicted octanol–water partition coefficient (Wildman–Crippen LogP) is 2.01. The molecule has 0 spiro atoms. The highest BCUT2D eigenvalue weighted by Gasteiger charge is 2.23. The maximum absolute atomic E-state index is 12.5. The summed E-state index contributed by atoms with van der Waals surface area (Å²) in [5, 5.41) is 0. The number of hydrogen-bond acceptors (Lipinski definition) is 6. The molecule has 0 aliphatic carbocycles. The summed E-state index contributed by atoms with van der Waals surface area (Å²) >= 11 is 0. The number of likely N-dealkylation sites (tertiary alicyclic amines) is 1. The van der Waals surface area contributed by atoms with E-state index < -0.39 is 0 Å². The molecule has 7 nitrogen and oxygen atoms in total. The molecule has 0 aromatic carbocycles. The highest BCUT2D eigenvalue weighted by molar-refractivity contribution is 5.92. The molecule has 0 radical (unpaired) electrons. The number of carbonyl (C=O) groups excluding carboxylic acids is 1. The molecule has 0 unspecified atom stereocenters. The number of amides is 1. The van der Waals surface area contributed by atoms with Gasteiger partial charge in [0.2, 0.25) is 5.89 Å². The molecule has 2 aromatic heterocycles. The zero-order chi connectivity index (χ0) is 18.5. The average Bonchev–Trinajstić information content (AvgIpc) is 3.19. The molecule has 2 aliphatic heterocycles. The van der Waals surface area contributed by atoms with Crippen molar-refractivity contribution >= 4 is 5.91 Å². The molecule has 0 saturated carbocycles. The zero-order valence-corrected chi connectivity index (χ0v) is 15.7. The first-order valence-corrected chi connectivity index (χ1v) is 9.86. The predicted molar refractivity (Wildman–Crippen MR) is 101 cm³/mol. The number of piperidine rings is 1. The lowest BCUT2D eigenvalue weighted by Gasteiger charge is -2.33. The van der Waals surface area contributed by atoms with Crippen LogP contribution in [0.1, 0.15) is 41.3 Å². The first kappa shape index (κ1) is 18.1. The van der Waals surface area contributed by atoms with Gasteiger partial charge in [0.15, 0.2) is 5.69 Å². The largest absolute Gasteiger partial charge is 0.447 e. The highest BCUT2D eigenvalue weighted by atomic mass is 16.3. The minimum Gasteiger partial charge on any atom is -0.447 e. The number of rotatable bonds is 5. The molecule has 0 bridgehead atoms. The van der Waals surface area contributed by atoms with Gasteiger partial charge in [0, 0.05) is 52.0 Å². The molecule has 0 atom stereocenters. The minimum absolute atomic E-state index is 0.00452. The summed E-state index contributed by atoms with van der Waals surface area (Å²) in [4.78, 5) is 28.0. The van der Waals surface area contributed by atoms with Crippen molar-refractivity contribution in [1.29, 1.82) is 0 Å². The molecular weight excluding hydrogens is 342 g/mol. The molecule has 144 valence electrons. The van der Waals surface area contributed by atoms with Crippen LogP contribution in [-0.2, 0) is 13.1 Å². The molecular formula is C20H27N5O2. The van der Waals surface area contributed by atoms with E-state index in [4.69, 9.17) is 4.42 Å². The van der Waals surface area contributed by atoms with E-state index in [9.17, 15) is 4.79 Å². The number of carbonyl (C=O) groups is 1. The maximum atomic E-state index is 12.5. The summed E-state index contributed by atoms with van der Waals surface area (Å²) in [5.74, 6) is 0.637. The van der Waals surface area contributed by atoms with Gasteiger partial charge in [-0.3, -0.25) is 19.6 Å². The Balaban J connectivity index is 1.26. The average molecular weight is 369 g/mol. The molecule has 0 N–H and O–H groups in total. The molecule has 2 aromatic rings. The van der Waals surface area contributed by atoms with Crippen LogP contribution in [0.15, 0.2) is 35.1 Å². The van der Waals surface area contributed by atoms with Crippen LogP contribution < -0.4 is 0 Å². The van der Waals surface area contributed by atoms with Gasteiger partial charge in [-0.2, -0.15) is 0 Å². The van der Waals surface area contributed by atoms with Crippen molar-refractivity contribution in [2.45, 2.75) is 32.4 Å². The minimum atomic E-state index is 0.00452. The lowest BCUT2D eigenvalue weighted by Crippen LogP contribution is -2.45. The van der Waals surface area contributed by atoms with Gasteiger partial charge in [0.1, 0.15) is 6.26 Å². The third-order valence-corrected chi connectivity index (χ3v) is 5.35. The number of piperazine rings is 1. The van der Waals surface area contributed by atoms with Gasteiger partial charge in [-0.25, -0.2) is 4.98 Å². The summed E-state index contributed by atoms with van der Waals surface area (Å²) < 4.78 is 5.58. The Morgan fingerprint density at radius 3 is 2.41 bits per heavy atom. The second kappa shape index (κ2) is 8.63. The fraction of sp³-hybridized carbons (Fsp3) is 0.550. The molecule has 4 heterocycles. The Kier molecular flexibility index (Phi) is 5.79. The van der Waals surface area contributed by atoms with Crippen molar-refractivity contribution in [2.24, 2.45) is 0 Å². The van der Waals surface area contributed by atoms with Crippen LogP contribution in [0.25, 0.3) is 0 Å². The van der Waals surface area contributed by atoms with Crippen LogP contribution in [0.4, 0.5) is 0 Å². The molecule has 4 rings (SSSR count). The number of oxazole rings is 1. The fourth-order valence-electron chi connectivity index (χ4n) is 3.76. The molecule has 27 heavy (non-hydrogen) atoms. The van der Waals surface area contributed by atoms with Gasteiger partial charge in [-0.05, 0) is 31.4 Å². The van der Waals surface area contributed by atoms with Gasteiger partial charge in [-0.15, -0.1) is 0 Å². The monoisotopic (exact) mass is 369 g/mol. The van der Waals surface area contributed by atoms with Crippen LogP contribution in [-0.4, -0.2) is 69.8 Å². The topological polar surface area (TPSA) is 65.7 Å². The maximum Gasteiger partial charge on any atom is 0.275 e. The lowest BCUT2D eigenvalue weighted by molar-refractivity contribution is 0.0718. The quantitative estimate of drug-likeness (QED) is 0.803. The Morgan fingerprint density at radius 1 is 0.963 bits per heavy atom. The highest BCUT2D eigenvalue weighted by Crippen LogP contribution is 2.15. The van der Waals surface area contributed by atoms with Crippen LogP contribution in [0.3, 0.4) is 0 Å². The first-order valence-electron chi connectivity index (χ1n) is 9.86. The third-order valence-electron chi connectivity index (χ3n) is 5.35.